The number of amides is 1. The van der Waals surface area contributed by atoms with Crippen LogP contribution in [-0.2, 0) is 11.3 Å². The summed E-state index contributed by atoms with van der Waals surface area (Å²) < 4.78 is 9.69. The minimum atomic E-state index is -0.513. The van der Waals surface area contributed by atoms with Gasteiger partial charge in [-0.2, -0.15) is 0 Å². The minimum Gasteiger partial charge on any atom is -0.472 e. The number of aromatic nitrogens is 1. The van der Waals surface area contributed by atoms with Crippen molar-refractivity contribution in [3.8, 4) is 0 Å². The molecule has 2 heterocycles. The second-order valence-electron chi connectivity index (χ2n) is 3.57. The zero-order valence-corrected chi connectivity index (χ0v) is 11.0. The van der Waals surface area contributed by atoms with Crippen molar-refractivity contribution in [2.75, 3.05) is 6.61 Å². The lowest BCUT2D eigenvalue weighted by Crippen LogP contribution is -2.23. The Hall–Kier alpha value is -2.15. The molecule has 2 aromatic heterocycles. The Morgan fingerprint density at radius 2 is 2.37 bits per heavy atom. The monoisotopic (exact) mass is 280 g/mol. The fourth-order valence-corrected chi connectivity index (χ4v) is 2.02. The van der Waals surface area contributed by atoms with E-state index in [9.17, 15) is 9.59 Å². The minimum absolute atomic E-state index is 0.176. The van der Waals surface area contributed by atoms with Crippen molar-refractivity contribution in [2.24, 2.45) is 0 Å². The molecular formula is C12H12N2O4S. The summed E-state index contributed by atoms with van der Waals surface area (Å²) in [5.74, 6) is -0.852. The van der Waals surface area contributed by atoms with Gasteiger partial charge in [0.25, 0.3) is 5.91 Å². The van der Waals surface area contributed by atoms with Crippen molar-refractivity contribution in [1.29, 1.82) is 0 Å². The lowest BCUT2D eigenvalue weighted by atomic mass is 10.3. The van der Waals surface area contributed by atoms with Gasteiger partial charge in [0.05, 0.1) is 19.1 Å². The van der Waals surface area contributed by atoms with Crippen molar-refractivity contribution in [1.82, 2.24) is 10.3 Å². The van der Waals surface area contributed by atoms with Gasteiger partial charge in [-0.25, -0.2) is 9.78 Å². The van der Waals surface area contributed by atoms with Crippen LogP contribution in [-0.4, -0.2) is 23.5 Å². The van der Waals surface area contributed by atoms with Gasteiger partial charge in [0, 0.05) is 17.5 Å². The molecule has 0 atom stereocenters. The number of thiazole rings is 1. The number of nitrogens with zero attached hydrogens (tertiary/aromatic N) is 1. The SMILES string of the molecule is CCOC(=O)c1nc(C(=O)NCc2ccoc2)cs1. The van der Waals surface area contributed by atoms with E-state index in [0.717, 1.165) is 16.9 Å². The number of ether oxygens (including phenoxy) is 1. The van der Waals surface area contributed by atoms with Crippen LogP contribution in [0.5, 0.6) is 0 Å². The van der Waals surface area contributed by atoms with Gasteiger partial charge in [-0.15, -0.1) is 11.3 Å². The summed E-state index contributed by atoms with van der Waals surface area (Å²) in [6.45, 7) is 2.34. The molecule has 2 aromatic rings. The van der Waals surface area contributed by atoms with Gasteiger partial charge in [0.15, 0.2) is 0 Å². The van der Waals surface area contributed by atoms with E-state index < -0.39 is 5.97 Å². The number of esters is 1. The van der Waals surface area contributed by atoms with Crippen LogP contribution in [0.4, 0.5) is 0 Å². The molecule has 7 heteroatoms. The summed E-state index contributed by atoms with van der Waals surface area (Å²) in [7, 11) is 0. The van der Waals surface area contributed by atoms with E-state index in [1.165, 1.54) is 11.6 Å². The molecule has 1 amide bonds. The van der Waals surface area contributed by atoms with Gasteiger partial charge >= 0.3 is 5.97 Å². The summed E-state index contributed by atoms with van der Waals surface area (Å²) in [4.78, 5) is 27.1. The number of hydrogen-bond donors (Lipinski definition) is 1. The van der Waals surface area contributed by atoms with E-state index in [-0.39, 0.29) is 23.2 Å². The van der Waals surface area contributed by atoms with Crippen LogP contribution < -0.4 is 5.32 Å². The fraction of sp³-hybridized carbons (Fsp3) is 0.250. The first kappa shape index (κ1) is 13.3. The number of carbonyl (C=O) groups is 2. The summed E-state index contributed by atoms with van der Waals surface area (Å²) >= 11 is 1.08. The molecule has 0 spiro atoms. The average molecular weight is 280 g/mol. The second kappa shape index (κ2) is 6.14. The fourth-order valence-electron chi connectivity index (χ4n) is 1.33. The Morgan fingerprint density at radius 1 is 1.53 bits per heavy atom. The molecule has 2 rings (SSSR count). The molecule has 0 aliphatic carbocycles. The molecule has 0 bridgehead atoms. The van der Waals surface area contributed by atoms with Crippen molar-refractivity contribution >= 4 is 23.2 Å². The maximum absolute atomic E-state index is 11.8. The Morgan fingerprint density at radius 3 is 3.05 bits per heavy atom. The predicted molar refractivity (Wildman–Crippen MR) is 67.9 cm³/mol. The van der Waals surface area contributed by atoms with Crippen LogP contribution >= 0.6 is 11.3 Å². The molecule has 0 aromatic carbocycles. The standard InChI is InChI=1S/C12H12N2O4S/c1-2-18-12(16)11-14-9(7-19-11)10(15)13-5-8-3-4-17-6-8/h3-4,6-7H,2,5H2,1H3,(H,13,15). The normalized spacial score (nSPS) is 10.2. The van der Waals surface area contributed by atoms with Gasteiger partial charge in [0.1, 0.15) is 5.69 Å². The predicted octanol–water partition coefficient (Wildman–Crippen LogP) is 1.84. The topological polar surface area (TPSA) is 81.4 Å². The third-order valence-corrected chi connectivity index (χ3v) is 3.04. The van der Waals surface area contributed by atoms with Gasteiger partial charge < -0.3 is 14.5 Å². The highest BCUT2D eigenvalue weighted by Gasteiger charge is 2.16. The van der Waals surface area contributed by atoms with Crippen molar-refractivity contribution < 1.29 is 18.7 Å². The van der Waals surface area contributed by atoms with Crippen LogP contribution in [0.15, 0.2) is 28.4 Å². The Balaban J connectivity index is 1.94. The van der Waals surface area contributed by atoms with Crippen molar-refractivity contribution in [3.05, 3.63) is 40.2 Å². The van der Waals surface area contributed by atoms with E-state index >= 15 is 0 Å². The molecule has 0 radical (unpaired) electrons. The molecule has 0 aliphatic heterocycles. The molecule has 0 aliphatic rings. The molecule has 6 nitrogen and oxygen atoms in total. The third kappa shape index (κ3) is 3.41. The smallest absolute Gasteiger partial charge is 0.367 e. The van der Waals surface area contributed by atoms with E-state index in [1.807, 2.05) is 0 Å². The highest BCUT2D eigenvalue weighted by atomic mass is 32.1. The van der Waals surface area contributed by atoms with E-state index in [2.05, 4.69) is 10.3 Å². The van der Waals surface area contributed by atoms with Crippen LogP contribution in [0, 0.1) is 0 Å². The molecular weight excluding hydrogens is 268 g/mol. The second-order valence-corrected chi connectivity index (χ2v) is 4.43. The number of carbonyl (C=O) groups excluding carboxylic acids is 2. The van der Waals surface area contributed by atoms with Crippen molar-refractivity contribution in [2.45, 2.75) is 13.5 Å². The van der Waals surface area contributed by atoms with Crippen molar-refractivity contribution in [3.63, 3.8) is 0 Å². The zero-order valence-electron chi connectivity index (χ0n) is 10.2. The summed E-state index contributed by atoms with van der Waals surface area (Å²) in [6, 6.07) is 1.76. The Labute approximate surface area is 113 Å². The number of nitrogens with one attached hydrogen (secondary N) is 1. The first-order valence-corrected chi connectivity index (χ1v) is 6.50. The summed E-state index contributed by atoms with van der Waals surface area (Å²) in [5.41, 5.74) is 1.06. The van der Waals surface area contributed by atoms with Gasteiger partial charge in [-0.3, -0.25) is 4.79 Å². The van der Waals surface area contributed by atoms with E-state index in [1.54, 1.807) is 19.3 Å². The number of hydrogen-bond acceptors (Lipinski definition) is 6. The highest BCUT2D eigenvalue weighted by Crippen LogP contribution is 2.11. The van der Waals surface area contributed by atoms with E-state index in [4.69, 9.17) is 9.15 Å². The summed E-state index contributed by atoms with van der Waals surface area (Å²) in [5, 5.41) is 4.38. The van der Waals surface area contributed by atoms with Gasteiger partial charge in [0.2, 0.25) is 5.01 Å². The molecule has 0 saturated heterocycles. The van der Waals surface area contributed by atoms with Crippen LogP contribution in [0.2, 0.25) is 0 Å². The quantitative estimate of drug-likeness (QED) is 0.845. The van der Waals surface area contributed by atoms with Crippen LogP contribution in [0.1, 0.15) is 32.8 Å². The molecule has 100 valence electrons. The lowest BCUT2D eigenvalue weighted by molar-refractivity contribution is 0.0526. The number of furan rings is 1. The van der Waals surface area contributed by atoms with Gasteiger partial charge in [-0.1, -0.05) is 0 Å². The first-order chi connectivity index (χ1) is 9.20. The Kier molecular flexibility index (Phi) is 4.30. The zero-order chi connectivity index (χ0) is 13.7. The maximum atomic E-state index is 11.8. The Bertz CT molecular complexity index is 562. The summed E-state index contributed by atoms with van der Waals surface area (Å²) in [6.07, 6.45) is 3.08. The largest absolute Gasteiger partial charge is 0.472 e. The third-order valence-electron chi connectivity index (χ3n) is 2.22. The van der Waals surface area contributed by atoms with Gasteiger partial charge in [-0.05, 0) is 13.0 Å². The van der Waals surface area contributed by atoms with E-state index in [0.29, 0.717) is 6.54 Å². The molecule has 1 N–H and O–H groups in total. The van der Waals surface area contributed by atoms with Crippen LogP contribution in [0.25, 0.3) is 0 Å². The maximum Gasteiger partial charge on any atom is 0.367 e. The first-order valence-electron chi connectivity index (χ1n) is 5.62. The molecule has 0 fully saturated rings. The lowest BCUT2D eigenvalue weighted by Gasteiger charge is -2.00. The molecule has 19 heavy (non-hydrogen) atoms. The highest BCUT2D eigenvalue weighted by molar-refractivity contribution is 7.11. The number of rotatable bonds is 5. The molecule has 0 unspecified atom stereocenters. The molecule has 0 saturated carbocycles. The average Bonchev–Trinajstić information content (AvgIpc) is 3.07. The van der Waals surface area contributed by atoms with Crippen LogP contribution in [0.3, 0.4) is 0 Å².